The second-order valence-electron chi connectivity index (χ2n) is 5.40. The molecule has 0 fully saturated rings. The molecule has 132 valence electrons. The number of ether oxygens (including phenoxy) is 2. The maximum atomic E-state index is 11.3. The van der Waals surface area contributed by atoms with Crippen LogP contribution in [0.1, 0.15) is 22.8 Å². The number of hydrogen-bond acceptors (Lipinski definition) is 6. The Labute approximate surface area is 145 Å². The first-order valence-electron chi connectivity index (χ1n) is 7.74. The van der Waals surface area contributed by atoms with Gasteiger partial charge in [-0.25, -0.2) is 0 Å². The SMILES string of the molecule is CCOc1ccc(CN(C)c2ccc(C=O)cc2[N+](=O)[O-])cc1OC. The molecule has 2 aromatic carbocycles. The highest BCUT2D eigenvalue weighted by atomic mass is 16.6. The van der Waals surface area contributed by atoms with Gasteiger partial charge in [-0.2, -0.15) is 0 Å². The van der Waals surface area contributed by atoms with Crippen molar-refractivity contribution in [3.05, 3.63) is 57.6 Å². The van der Waals surface area contributed by atoms with Crippen LogP contribution >= 0.6 is 0 Å². The van der Waals surface area contributed by atoms with Gasteiger partial charge in [-0.05, 0) is 36.8 Å². The van der Waals surface area contributed by atoms with Gasteiger partial charge in [0.15, 0.2) is 11.5 Å². The molecule has 0 atom stereocenters. The average molecular weight is 344 g/mol. The number of methoxy groups -OCH3 is 1. The van der Waals surface area contributed by atoms with Crippen molar-refractivity contribution in [2.75, 3.05) is 25.7 Å². The van der Waals surface area contributed by atoms with Gasteiger partial charge in [-0.1, -0.05) is 6.07 Å². The lowest BCUT2D eigenvalue weighted by molar-refractivity contribution is -0.384. The average Bonchev–Trinajstić information content (AvgIpc) is 2.62. The molecule has 0 aliphatic heterocycles. The summed E-state index contributed by atoms with van der Waals surface area (Å²) >= 11 is 0. The third-order valence-electron chi connectivity index (χ3n) is 3.69. The highest BCUT2D eigenvalue weighted by molar-refractivity contribution is 5.79. The summed E-state index contributed by atoms with van der Waals surface area (Å²) in [5.74, 6) is 1.26. The summed E-state index contributed by atoms with van der Waals surface area (Å²) in [6.45, 7) is 2.86. The lowest BCUT2D eigenvalue weighted by Gasteiger charge is -2.20. The van der Waals surface area contributed by atoms with E-state index in [0.717, 1.165) is 5.56 Å². The Balaban J connectivity index is 2.29. The number of carbonyl (C=O) groups excluding carboxylic acids is 1. The minimum absolute atomic E-state index is 0.106. The van der Waals surface area contributed by atoms with Crippen molar-refractivity contribution in [3.8, 4) is 11.5 Å². The molecule has 0 radical (unpaired) electrons. The number of nitrogens with zero attached hydrogens (tertiary/aromatic N) is 2. The fourth-order valence-electron chi connectivity index (χ4n) is 2.53. The van der Waals surface area contributed by atoms with Crippen molar-refractivity contribution in [1.82, 2.24) is 0 Å². The molecule has 7 heteroatoms. The van der Waals surface area contributed by atoms with Crippen molar-refractivity contribution in [1.29, 1.82) is 0 Å². The summed E-state index contributed by atoms with van der Waals surface area (Å²) in [6.07, 6.45) is 0.591. The molecular formula is C18H20N2O5. The fourth-order valence-corrected chi connectivity index (χ4v) is 2.53. The van der Waals surface area contributed by atoms with Crippen LogP contribution in [0, 0.1) is 10.1 Å². The first-order chi connectivity index (χ1) is 12.0. The molecule has 0 amide bonds. The molecule has 0 unspecified atom stereocenters. The van der Waals surface area contributed by atoms with Crippen molar-refractivity contribution in [2.45, 2.75) is 13.5 Å². The van der Waals surface area contributed by atoms with E-state index in [9.17, 15) is 14.9 Å². The van der Waals surface area contributed by atoms with E-state index < -0.39 is 4.92 Å². The molecule has 0 aliphatic rings. The zero-order chi connectivity index (χ0) is 18.4. The number of anilines is 1. The van der Waals surface area contributed by atoms with Crippen LogP contribution in [-0.4, -0.2) is 32.0 Å². The summed E-state index contributed by atoms with van der Waals surface area (Å²) in [6, 6.07) is 9.95. The largest absolute Gasteiger partial charge is 0.493 e. The zero-order valence-corrected chi connectivity index (χ0v) is 14.4. The summed E-state index contributed by atoms with van der Waals surface area (Å²) in [7, 11) is 3.32. The Bertz CT molecular complexity index is 776. The zero-order valence-electron chi connectivity index (χ0n) is 14.4. The number of rotatable bonds is 8. The van der Waals surface area contributed by atoms with Crippen molar-refractivity contribution in [2.24, 2.45) is 0 Å². The highest BCUT2D eigenvalue weighted by Gasteiger charge is 2.18. The van der Waals surface area contributed by atoms with Crippen LogP contribution in [0.4, 0.5) is 11.4 Å². The van der Waals surface area contributed by atoms with E-state index in [-0.39, 0.29) is 11.3 Å². The summed E-state index contributed by atoms with van der Waals surface area (Å²) in [5.41, 5.74) is 1.51. The summed E-state index contributed by atoms with van der Waals surface area (Å²) < 4.78 is 10.8. The molecule has 2 aromatic rings. The van der Waals surface area contributed by atoms with Gasteiger partial charge in [0, 0.05) is 25.2 Å². The fraction of sp³-hybridized carbons (Fsp3) is 0.278. The molecule has 0 saturated heterocycles. The van der Waals surface area contributed by atoms with E-state index in [0.29, 0.717) is 36.6 Å². The van der Waals surface area contributed by atoms with Crippen molar-refractivity contribution >= 4 is 17.7 Å². The Kier molecular flexibility index (Phi) is 5.94. The van der Waals surface area contributed by atoms with Crippen LogP contribution in [0.25, 0.3) is 0 Å². The Morgan fingerprint density at radius 2 is 1.96 bits per heavy atom. The minimum Gasteiger partial charge on any atom is -0.493 e. The standard InChI is InChI=1S/C18H20N2O5/c1-4-25-17-8-6-13(10-18(17)24-3)11-19(2)15-7-5-14(12-21)9-16(15)20(22)23/h5-10,12H,4,11H2,1-3H3. The molecule has 0 bridgehead atoms. The van der Waals surface area contributed by atoms with Gasteiger partial charge in [0.2, 0.25) is 0 Å². The van der Waals surface area contributed by atoms with Gasteiger partial charge in [0.1, 0.15) is 12.0 Å². The van der Waals surface area contributed by atoms with E-state index in [1.165, 1.54) is 6.07 Å². The van der Waals surface area contributed by atoms with Crippen LogP contribution in [-0.2, 0) is 6.54 Å². The molecule has 0 heterocycles. The van der Waals surface area contributed by atoms with Gasteiger partial charge in [0.25, 0.3) is 5.69 Å². The molecule has 0 saturated carbocycles. The van der Waals surface area contributed by atoms with Crippen LogP contribution in [0.15, 0.2) is 36.4 Å². The number of carbonyl (C=O) groups is 1. The summed E-state index contributed by atoms with van der Waals surface area (Å²) in [4.78, 5) is 23.4. The van der Waals surface area contributed by atoms with Gasteiger partial charge in [-0.3, -0.25) is 14.9 Å². The summed E-state index contributed by atoms with van der Waals surface area (Å²) in [5, 5.41) is 11.3. The molecule has 0 aliphatic carbocycles. The smallest absolute Gasteiger partial charge is 0.293 e. The molecule has 2 rings (SSSR count). The van der Waals surface area contributed by atoms with Crippen LogP contribution in [0.2, 0.25) is 0 Å². The van der Waals surface area contributed by atoms with E-state index in [4.69, 9.17) is 9.47 Å². The molecule has 0 aromatic heterocycles. The Morgan fingerprint density at radius 1 is 1.20 bits per heavy atom. The van der Waals surface area contributed by atoms with E-state index in [1.54, 1.807) is 31.2 Å². The van der Waals surface area contributed by atoms with Crippen LogP contribution in [0.5, 0.6) is 11.5 Å². The first kappa shape index (κ1) is 18.3. The predicted molar refractivity (Wildman–Crippen MR) is 94.8 cm³/mol. The molecular weight excluding hydrogens is 324 g/mol. The monoisotopic (exact) mass is 344 g/mol. The lowest BCUT2D eigenvalue weighted by Crippen LogP contribution is -2.18. The number of aldehydes is 1. The van der Waals surface area contributed by atoms with Gasteiger partial charge >= 0.3 is 0 Å². The minimum atomic E-state index is -0.488. The molecule has 25 heavy (non-hydrogen) atoms. The maximum absolute atomic E-state index is 11.3. The van der Waals surface area contributed by atoms with Crippen LogP contribution in [0.3, 0.4) is 0 Å². The topological polar surface area (TPSA) is 81.9 Å². The normalized spacial score (nSPS) is 10.2. The second kappa shape index (κ2) is 8.14. The van der Waals surface area contributed by atoms with Crippen molar-refractivity contribution in [3.63, 3.8) is 0 Å². The lowest BCUT2D eigenvalue weighted by atomic mass is 10.1. The van der Waals surface area contributed by atoms with E-state index in [2.05, 4.69) is 0 Å². The van der Waals surface area contributed by atoms with Gasteiger partial charge < -0.3 is 14.4 Å². The van der Waals surface area contributed by atoms with Gasteiger partial charge in [0.05, 0.1) is 18.6 Å². The Morgan fingerprint density at radius 3 is 2.56 bits per heavy atom. The number of nitro benzene ring substituents is 1. The quantitative estimate of drug-likeness (QED) is 0.414. The number of nitro groups is 1. The van der Waals surface area contributed by atoms with E-state index >= 15 is 0 Å². The van der Waals surface area contributed by atoms with Gasteiger partial charge in [-0.15, -0.1) is 0 Å². The predicted octanol–water partition coefficient (Wildman–Crippen LogP) is 3.45. The third kappa shape index (κ3) is 4.26. The number of benzene rings is 2. The molecule has 0 spiro atoms. The van der Waals surface area contributed by atoms with E-state index in [1.807, 2.05) is 25.1 Å². The second-order valence-corrected chi connectivity index (χ2v) is 5.40. The van der Waals surface area contributed by atoms with Crippen molar-refractivity contribution < 1.29 is 19.2 Å². The molecule has 7 nitrogen and oxygen atoms in total. The molecule has 0 N–H and O–H groups in total. The Hall–Kier alpha value is -3.09. The highest BCUT2D eigenvalue weighted by Crippen LogP contribution is 2.32. The third-order valence-corrected chi connectivity index (χ3v) is 3.69. The number of hydrogen-bond donors (Lipinski definition) is 0. The maximum Gasteiger partial charge on any atom is 0.293 e. The van der Waals surface area contributed by atoms with Crippen LogP contribution < -0.4 is 14.4 Å². The first-order valence-corrected chi connectivity index (χ1v) is 7.74.